The van der Waals surface area contributed by atoms with Crippen LogP contribution < -0.4 is 4.72 Å². The molecule has 6 heteroatoms. The second-order valence-corrected chi connectivity index (χ2v) is 7.04. The van der Waals surface area contributed by atoms with Crippen LogP contribution in [0.25, 0.3) is 0 Å². The molecule has 0 amide bonds. The Labute approximate surface area is 117 Å². The number of hydrogen-bond donors (Lipinski definition) is 2. The summed E-state index contributed by atoms with van der Waals surface area (Å²) in [5, 5.41) is 10.0. The first-order valence-electron chi connectivity index (χ1n) is 7.46. The zero-order valence-electron chi connectivity index (χ0n) is 12.1. The summed E-state index contributed by atoms with van der Waals surface area (Å²) in [6.07, 6.45) is 5.49. The Balaban J connectivity index is 2.69. The molecule has 2 unspecified atom stereocenters. The van der Waals surface area contributed by atoms with Crippen LogP contribution in [0.2, 0.25) is 0 Å². The van der Waals surface area contributed by atoms with E-state index in [1.807, 2.05) is 13.8 Å². The smallest absolute Gasteiger partial charge is 0.279 e. The number of aliphatic hydroxyl groups is 1. The molecule has 1 aliphatic rings. The summed E-state index contributed by atoms with van der Waals surface area (Å²) < 4.78 is 28.9. The number of nitrogens with one attached hydrogen (secondary N) is 1. The first-order valence-corrected chi connectivity index (χ1v) is 8.90. The second-order valence-electron chi connectivity index (χ2n) is 5.33. The Morgan fingerprint density at radius 1 is 1.11 bits per heavy atom. The third kappa shape index (κ3) is 5.38. The van der Waals surface area contributed by atoms with Gasteiger partial charge in [-0.1, -0.05) is 33.1 Å². The van der Waals surface area contributed by atoms with Crippen LogP contribution in [0.15, 0.2) is 0 Å². The molecule has 1 aliphatic carbocycles. The summed E-state index contributed by atoms with van der Waals surface area (Å²) in [6, 6.07) is -0.330. The van der Waals surface area contributed by atoms with Crippen LogP contribution in [-0.2, 0) is 10.2 Å². The van der Waals surface area contributed by atoms with E-state index < -0.39 is 16.3 Å². The molecule has 114 valence electrons. The lowest BCUT2D eigenvalue weighted by Gasteiger charge is -2.27. The van der Waals surface area contributed by atoms with Crippen molar-refractivity contribution in [3.8, 4) is 0 Å². The van der Waals surface area contributed by atoms with Crippen molar-refractivity contribution in [1.82, 2.24) is 9.03 Å². The Morgan fingerprint density at radius 2 is 1.68 bits per heavy atom. The maximum Gasteiger partial charge on any atom is 0.279 e. The quantitative estimate of drug-likeness (QED) is 0.701. The number of rotatable bonds is 7. The Kier molecular flexibility index (Phi) is 7.28. The van der Waals surface area contributed by atoms with E-state index in [0.717, 1.165) is 38.5 Å². The normalized spacial score (nSPS) is 25.5. The molecule has 2 atom stereocenters. The van der Waals surface area contributed by atoms with Gasteiger partial charge in [0, 0.05) is 19.1 Å². The molecule has 2 N–H and O–H groups in total. The third-order valence-electron chi connectivity index (χ3n) is 3.57. The van der Waals surface area contributed by atoms with E-state index in [1.54, 1.807) is 0 Å². The van der Waals surface area contributed by atoms with E-state index in [0.29, 0.717) is 19.5 Å². The van der Waals surface area contributed by atoms with Gasteiger partial charge in [0.1, 0.15) is 0 Å². The van der Waals surface area contributed by atoms with Crippen LogP contribution in [-0.4, -0.2) is 43.1 Å². The van der Waals surface area contributed by atoms with Gasteiger partial charge < -0.3 is 5.11 Å². The highest BCUT2D eigenvalue weighted by Crippen LogP contribution is 2.19. The van der Waals surface area contributed by atoms with E-state index >= 15 is 0 Å². The molecule has 0 heterocycles. The molecule has 0 aromatic carbocycles. The van der Waals surface area contributed by atoms with E-state index in [2.05, 4.69) is 4.72 Å². The minimum absolute atomic E-state index is 0.330. The van der Waals surface area contributed by atoms with Crippen molar-refractivity contribution in [2.45, 2.75) is 70.9 Å². The molecule has 0 radical (unpaired) electrons. The predicted octanol–water partition coefficient (Wildman–Crippen LogP) is 1.64. The van der Waals surface area contributed by atoms with Crippen molar-refractivity contribution in [3.05, 3.63) is 0 Å². The molecule has 19 heavy (non-hydrogen) atoms. The minimum atomic E-state index is -3.47. The monoisotopic (exact) mass is 292 g/mol. The van der Waals surface area contributed by atoms with Crippen molar-refractivity contribution >= 4 is 10.2 Å². The van der Waals surface area contributed by atoms with Crippen LogP contribution in [0, 0.1) is 0 Å². The van der Waals surface area contributed by atoms with Crippen LogP contribution in [0.1, 0.15) is 58.8 Å². The number of nitrogens with zero attached hydrogens (tertiary/aromatic N) is 1. The summed E-state index contributed by atoms with van der Waals surface area (Å²) in [4.78, 5) is 0. The molecular weight excluding hydrogens is 264 g/mol. The lowest BCUT2D eigenvalue weighted by atomic mass is 10.1. The average Bonchev–Trinajstić information content (AvgIpc) is 2.54. The maximum absolute atomic E-state index is 12.3. The molecule has 0 bridgehead atoms. The van der Waals surface area contributed by atoms with Gasteiger partial charge in [0.2, 0.25) is 0 Å². The molecule has 1 saturated carbocycles. The largest absolute Gasteiger partial charge is 0.391 e. The number of aliphatic hydroxyl groups excluding tert-OH is 1. The van der Waals surface area contributed by atoms with Crippen molar-refractivity contribution in [2.24, 2.45) is 0 Å². The van der Waals surface area contributed by atoms with E-state index in [-0.39, 0.29) is 6.04 Å². The molecule has 1 fully saturated rings. The molecule has 0 aliphatic heterocycles. The maximum atomic E-state index is 12.3. The fourth-order valence-corrected chi connectivity index (χ4v) is 4.19. The lowest BCUT2D eigenvalue weighted by Crippen LogP contribution is -2.49. The van der Waals surface area contributed by atoms with Gasteiger partial charge in [0.05, 0.1) is 6.10 Å². The summed E-state index contributed by atoms with van der Waals surface area (Å²) in [6.45, 7) is 5.01. The van der Waals surface area contributed by atoms with Crippen LogP contribution in [0.5, 0.6) is 0 Å². The fraction of sp³-hybridized carbons (Fsp3) is 1.00. The highest BCUT2D eigenvalue weighted by Gasteiger charge is 2.29. The van der Waals surface area contributed by atoms with Crippen molar-refractivity contribution < 1.29 is 13.5 Å². The van der Waals surface area contributed by atoms with Gasteiger partial charge in [0.15, 0.2) is 0 Å². The van der Waals surface area contributed by atoms with Gasteiger partial charge in [-0.15, -0.1) is 0 Å². The van der Waals surface area contributed by atoms with Crippen molar-refractivity contribution in [2.75, 3.05) is 13.1 Å². The summed E-state index contributed by atoms with van der Waals surface area (Å²) >= 11 is 0. The van der Waals surface area contributed by atoms with E-state index in [9.17, 15) is 13.5 Å². The minimum Gasteiger partial charge on any atom is -0.391 e. The van der Waals surface area contributed by atoms with Crippen molar-refractivity contribution in [3.63, 3.8) is 0 Å². The molecule has 1 rings (SSSR count). The highest BCUT2D eigenvalue weighted by molar-refractivity contribution is 7.87. The topological polar surface area (TPSA) is 69.6 Å². The first-order chi connectivity index (χ1) is 9.01. The van der Waals surface area contributed by atoms with Gasteiger partial charge in [-0.3, -0.25) is 0 Å². The van der Waals surface area contributed by atoms with Gasteiger partial charge in [-0.05, 0) is 25.7 Å². The summed E-state index contributed by atoms with van der Waals surface area (Å²) in [5.41, 5.74) is 0. The fourth-order valence-electron chi connectivity index (χ4n) is 2.54. The van der Waals surface area contributed by atoms with Gasteiger partial charge in [-0.25, -0.2) is 0 Å². The molecule has 0 saturated heterocycles. The average molecular weight is 292 g/mol. The van der Waals surface area contributed by atoms with Crippen LogP contribution in [0.3, 0.4) is 0 Å². The summed E-state index contributed by atoms with van der Waals surface area (Å²) in [7, 11) is -3.47. The zero-order valence-corrected chi connectivity index (χ0v) is 13.0. The Hall–Kier alpha value is -0.170. The van der Waals surface area contributed by atoms with Crippen molar-refractivity contribution in [1.29, 1.82) is 0 Å². The Morgan fingerprint density at radius 3 is 2.26 bits per heavy atom. The van der Waals surface area contributed by atoms with Gasteiger partial charge in [-0.2, -0.15) is 17.4 Å². The first kappa shape index (κ1) is 16.9. The molecule has 0 aromatic heterocycles. The molecular formula is C13H28N2O3S. The molecule has 5 nitrogen and oxygen atoms in total. The summed E-state index contributed by atoms with van der Waals surface area (Å²) in [5.74, 6) is 0. The predicted molar refractivity (Wildman–Crippen MR) is 77.1 cm³/mol. The number of hydrogen-bond acceptors (Lipinski definition) is 3. The lowest BCUT2D eigenvalue weighted by molar-refractivity contribution is 0.129. The zero-order chi connectivity index (χ0) is 14.3. The van der Waals surface area contributed by atoms with Gasteiger partial charge in [0.25, 0.3) is 10.2 Å². The van der Waals surface area contributed by atoms with Crippen LogP contribution >= 0.6 is 0 Å². The van der Waals surface area contributed by atoms with Gasteiger partial charge >= 0.3 is 0 Å². The van der Waals surface area contributed by atoms with E-state index in [4.69, 9.17) is 0 Å². The molecule has 0 aromatic rings. The SMILES string of the molecule is CCCN(CCC)S(=O)(=O)NC1CCCCCC1O. The third-order valence-corrected chi connectivity index (χ3v) is 5.21. The highest BCUT2D eigenvalue weighted by atomic mass is 32.2. The Bertz CT molecular complexity index is 340. The van der Waals surface area contributed by atoms with E-state index in [1.165, 1.54) is 4.31 Å². The molecule has 0 spiro atoms. The standard InChI is InChI=1S/C13H28N2O3S/c1-3-10-15(11-4-2)19(17,18)14-12-8-6-5-7-9-13(12)16/h12-14,16H,3-11H2,1-2H3. The second kappa shape index (κ2) is 8.19. The van der Waals surface area contributed by atoms with Crippen LogP contribution in [0.4, 0.5) is 0 Å².